The Labute approximate surface area is 130 Å². The lowest BCUT2D eigenvalue weighted by Crippen LogP contribution is -2.53. The number of likely N-dealkylation sites (tertiary alicyclic amines) is 1. The zero-order valence-corrected chi connectivity index (χ0v) is 13.7. The number of thioether (sulfide) groups is 1. The van der Waals surface area contributed by atoms with E-state index in [2.05, 4.69) is 11.6 Å². The molecule has 5 nitrogen and oxygen atoms in total. The van der Waals surface area contributed by atoms with E-state index in [-0.39, 0.29) is 12.1 Å². The van der Waals surface area contributed by atoms with Crippen molar-refractivity contribution < 1.29 is 14.7 Å². The van der Waals surface area contributed by atoms with Crippen LogP contribution >= 0.6 is 11.8 Å². The van der Waals surface area contributed by atoms with Crippen molar-refractivity contribution in [2.75, 3.05) is 19.3 Å². The molecule has 0 aromatic heterocycles. The second-order valence-electron chi connectivity index (χ2n) is 6.56. The number of piperidine rings is 1. The highest BCUT2D eigenvalue weighted by atomic mass is 32.2. The summed E-state index contributed by atoms with van der Waals surface area (Å²) in [5.41, 5.74) is -0.802. The van der Waals surface area contributed by atoms with Crippen LogP contribution in [0.25, 0.3) is 0 Å². The van der Waals surface area contributed by atoms with Gasteiger partial charge in [0.05, 0.1) is 5.41 Å². The van der Waals surface area contributed by atoms with Gasteiger partial charge < -0.3 is 15.3 Å². The van der Waals surface area contributed by atoms with Gasteiger partial charge in [0.15, 0.2) is 0 Å². The molecule has 0 bridgehead atoms. The molecule has 0 spiro atoms. The third kappa shape index (κ3) is 4.05. The largest absolute Gasteiger partial charge is 0.481 e. The van der Waals surface area contributed by atoms with Gasteiger partial charge in [0.1, 0.15) is 0 Å². The highest BCUT2D eigenvalue weighted by Crippen LogP contribution is 2.30. The molecule has 2 aliphatic rings. The van der Waals surface area contributed by atoms with Crippen LogP contribution in [0.15, 0.2) is 0 Å². The summed E-state index contributed by atoms with van der Waals surface area (Å²) in [6.45, 7) is 2.71. The Balaban J connectivity index is 1.89. The quantitative estimate of drug-likeness (QED) is 0.840. The molecule has 1 heterocycles. The highest BCUT2D eigenvalue weighted by molar-refractivity contribution is 7.99. The number of aliphatic carboxylic acids is 1. The molecule has 0 radical (unpaired) electrons. The summed E-state index contributed by atoms with van der Waals surface area (Å²) in [4.78, 5) is 25.4. The van der Waals surface area contributed by atoms with Gasteiger partial charge in [-0.05, 0) is 45.3 Å². The molecule has 2 fully saturated rings. The van der Waals surface area contributed by atoms with Crippen molar-refractivity contribution in [3.63, 3.8) is 0 Å². The van der Waals surface area contributed by atoms with E-state index < -0.39 is 11.4 Å². The summed E-state index contributed by atoms with van der Waals surface area (Å²) in [5.74, 6) is -0.805. The summed E-state index contributed by atoms with van der Waals surface area (Å²) in [6, 6.07) is 0.149. The normalized spacial score (nSPS) is 33.5. The van der Waals surface area contributed by atoms with Crippen molar-refractivity contribution >= 4 is 23.8 Å². The molecule has 3 atom stereocenters. The fourth-order valence-corrected chi connectivity index (χ4v) is 4.17. The molecule has 120 valence electrons. The standard InChI is InChI=1S/C15H26N2O3S/c1-15(13(18)19)7-4-8-17(10-15)14(20)16-11-5-3-6-12(9-11)21-2/h11-12H,3-10H2,1-2H3,(H,16,20)(H,18,19). The van der Waals surface area contributed by atoms with E-state index in [1.54, 1.807) is 11.8 Å². The fraction of sp³-hybridized carbons (Fsp3) is 0.867. The van der Waals surface area contributed by atoms with Crippen LogP contribution in [0.5, 0.6) is 0 Å². The van der Waals surface area contributed by atoms with Crippen LogP contribution in [0.2, 0.25) is 0 Å². The highest BCUT2D eigenvalue weighted by Gasteiger charge is 2.39. The average Bonchev–Trinajstić information content (AvgIpc) is 2.47. The molecular weight excluding hydrogens is 288 g/mol. The van der Waals surface area contributed by atoms with Crippen LogP contribution in [0.4, 0.5) is 4.79 Å². The molecule has 3 unspecified atom stereocenters. The van der Waals surface area contributed by atoms with Gasteiger partial charge in [-0.15, -0.1) is 0 Å². The lowest BCUT2D eigenvalue weighted by atomic mass is 9.82. The van der Waals surface area contributed by atoms with Crippen LogP contribution in [0.1, 0.15) is 45.4 Å². The minimum Gasteiger partial charge on any atom is -0.481 e. The van der Waals surface area contributed by atoms with Gasteiger partial charge in [-0.1, -0.05) is 6.42 Å². The lowest BCUT2D eigenvalue weighted by molar-refractivity contribution is -0.150. The maximum absolute atomic E-state index is 12.4. The van der Waals surface area contributed by atoms with Gasteiger partial charge in [0.2, 0.25) is 0 Å². The number of hydrogen-bond donors (Lipinski definition) is 2. The number of carbonyl (C=O) groups excluding carboxylic acids is 1. The van der Waals surface area contributed by atoms with Gasteiger partial charge in [-0.2, -0.15) is 11.8 Å². The third-order valence-electron chi connectivity index (χ3n) is 4.79. The Hall–Kier alpha value is -0.910. The number of rotatable bonds is 3. The molecule has 0 aromatic carbocycles. The van der Waals surface area contributed by atoms with Crippen LogP contribution in [-0.4, -0.2) is 52.6 Å². The summed E-state index contributed by atoms with van der Waals surface area (Å²) in [7, 11) is 0. The van der Waals surface area contributed by atoms with Gasteiger partial charge >= 0.3 is 12.0 Å². The van der Waals surface area contributed by atoms with Gasteiger partial charge in [0, 0.05) is 24.4 Å². The molecule has 2 rings (SSSR count). The van der Waals surface area contributed by atoms with Crippen molar-refractivity contribution in [2.24, 2.45) is 5.41 Å². The molecule has 1 aliphatic heterocycles. The third-order valence-corrected chi connectivity index (χ3v) is 5.88. The number of nitrogens with zero attached hydrogens (tertiary/aromatic N) is 1. The zero-order valence-electron chi connectivity index (χ0n) is 12.9. The summed E-state index contributed by atoms with van der Waals surface area (Å²) >= 11 is 1.87. The molecule has 1 aliphatic carbocycles. The van der Waals surface area contributed by atoms with Crippen LogP contribution < -0.4 is 5.32 Å². The van der Waals surface area contributed by atoms with Crippen LogP contribution in [-0.2, 0) is 4.79 Å². The molecule has 6 heteroatoms. The van der Waals surface area contributed by atoms with Crippen molar-refractivity contribution in [2.45, 2.75) is 56.7 Å². The molecule has 1 saturated heterocycles. The first-order chi connectivity index (χ1) is 9.94. The molecule has 0 aromatic rings. The fourth-order valence-electron chi connectivity index (χ4n) is 3.34. The van der Waals surface area contributed by atoms with Gasteiger partial charge in [-0.25, -0.2) is 4.79 Å². The molecule has 21 heavy (non-hydrogen) atoms. The topological polar surface area (TPSA) is 69.6 Å². The lowest BCUT2D eigenvalue weighted by Gasteiger charge is -2.38. The van der Waals surface area contributed by atoms with E-state index in [1.165, 1.54) is 6.42 Å². The van der Waals surface area contributed by atoms with Gasteiger partial charge in [-0.3, -0.25) is 4.79 Å². The number of nitrogens with one attached hydrogen (secondary N) is 1. The molecule has 2 N–H and O–H groups in total. The summed E-state index contributed by atoms with van der Waals surface area (Å²) in [6.07, 6.45) is 7.97. The molecule has 2 amide bonds. The van der Waals surface area contributed by atoms with Crippen molar-refractivity contribution in [1.82, 2.24) is 10.2 Å². The second kappa shape index (κ2) is 6.90. The monoisotopic (exact) mass is 314 g/mol. The number of urea groups is 1. The van der Waals surface area contributed by atoms with E-state index in [0.717, 1.165) is 25.7 Å². The Morgan fingerprint density at radius 1 is 1.33 bits per heavy atom. The Morgan fingerprint density at radius 3 is 2.76 bits per heavy atom. The minimum absolute atomic E-state index is 0.0890. The first-order valence-corrected chi connectivity index (χ1v) is 9.05. The van der Waals surface area contributed by atoms with Gasteiger partial charge in [0.25, 0.3) is 0 Å². The minimum atomic E-state index is -0.805. The Morgan fingerprint density at radius 2 is 2.10 bits per heavy atom. The Bertz CT molecular complexity index is 404. The smallest absolute Gasteiger partial charge is 0.317 e. The van der Waals surface area contributed by atoms with E-state index in [9.17, 15) is 14.7 Å². The van der Waals surface area contributed by atoms with Crippen molar-refractivity contribution in [1.29, 1.82) is 0 Å². The SMILES string of the molecule is CSC1CCCC(NC(=O)N2CCCC(C)(C(=O)O)C2)C1. The molecule has 1 saturated carbocycles. The second-order valence-corrected chi connectivity index (χ2v) is 7.70. The van der Waals surface area contributed by atoms with E-state index in [0.29, 0.717) is 24.8 Å². The van der Waals surface area contributed by atoms with Crippen molar-refractivity contribution in [3.8, 4) is 0 Å². The van der Waals surface area contributed by atoms with Crippen LogP contribution in [0.3, 0.4) is 0 Å². The summed E-state index contributed by atoms with van der Waals surface area (Å²) < 4.78 is 0. The van der Waals surface area contributed by atoms with Crippen molar-refractivity contribution in [3.05, 3.63) is 0 Å². The first-order valence-electron chi connectivity index (χ1n) is 7.76. The number of carbonyl (C=O) groups is 2. The van der Waals surface area contributed by atoms with E-state index in [1.807, 2.05) is 11.8 Å². The maximum Gasteiger partial charge on any atom is 0.317 e. The number of carboxylic acids is 1. The Kier molecular flexibility index (Phi) is 5.41. The first kappa shape index (κ1) is 16.5. The van der Waals surface area contributed by atoms with E-state index >= 15 is 0 Å². The molecular formula is C15H26N2O3S. The number of hydrogen-bond acceptors (Lipinski definition) is 3. The number of amides is 2. The average molecular weight is 314 g/mol. The summed E-state index contributed by atoms with van der Waals surface area (Å²) in [5, 5.41) is 13.1. The number of carboxylic acid groups (broad SMARTS) is 1. The van der Waals surface area contributed by atoms with E-state index in [4.69, 9.17) is 0 Å². The predicted octanol–water partition coefficient (Wildman–Crippen LogP) is 2.56. The van der Waals surface area contributed by atoms with Crippen LogP contribution in [0, 0.1) is 5.41 Å². The maximum atomic E-state index is 12.4. The predicted molar refractivity (Wildman–Crippen MR) is 84.6 cm³/mol. The zero-order chi connectivity index (χ0) is 15.5.